The standard InChI is InChI=1S/C7H16O2.C3H6O3/c1-7(9)5-3-2-4-6-8;1-2(4)3(5)6/h7-9H,2-6H2,1H3;2,4H,1H3,(H,5,6). The number of hydrogen-bond acceptors (Lipinski definition) is 4. The van der Waals surface area contributed by atoms with Crippen LogP contribution in [0.3, 0.4) is 0 Å². The normalized spacial score (nSPS) is 13.7. The van der Waals surface area contributed by atoms with Crippen LogP contribution in [0.15, 0.2) is 0 Å². The number of aliphatic hydroxyl groups excluding tert-OH is 3. The fourth-order valence-corrected chi connectivity index (χ4v) is 0.728. The molecule has 0 amide bonds. The summed E-state index contributed by atoms with van der Waals surface area (Å²) >= 11 is 0. The first-order chi connectivity index (χ1) is 6.91. The molecule has 4 N–H and O–H groups in total. The van der Waals surface area contributed by atoms with E-state index in [-0.39, 0.29) is 12.7 Å². The van der Waals surface area contributed by atoms with Crippen molar-refractivity contribution in [1.29, 1.82) is 0 Å². The number of rotatable bonds is 6. The summed E-state index contributed by atoms with van der Waals surface area (Å²) in [5.41, 5.74) is 0. The van der Waals surface area contributed by atoms with E-state index in [1.165, 1.54) is 6.92 Å². The van der Waals surface area contributed by atoms with Gasteiger partial charge in [-0.3, -0.25) is 0 Å². The molecule has 0 fully saturated rings. The van der Waals surface area contributed by atoms with Gasteiger partial charge in [0.1, 0.15) is 6.10 Å². The Balaban J connectivity index is 0. The van der Waals surface area contributed by atoms with Crippen molar-refractivity contribution in [3.05, 3.63) is 0 Å². The second-order valence-electron chi connectivity index (χ2n) is 3.44. The van der Waals surface area contributed by atoms with Crippen molar-refractivity contribution in [3.63, 3.8) is 0 Å². The highest BCUT2D eigenvalue weighted by atomic mass is 16.4. The molecule has 15 heavy (non-hydrogen) atoms. The van der Waals surface area contributed by atoms with E-state index in [1.54, 1.807) is 6.92 Å². The Morgan fingerprint density at radius 3 is 1.87 bits per heavy atom. The maximum atomic E-state index is 9.45. The monoisotopic (exact) mass is 222 g/mol. The topological polar surface area (TPSA) is 98.0 Å². The molecule has 0 aliphatic heterocycles. The van der Waals surface area contributed by atoms with Crippen LogP contribution in [0.25, 0.3) is 0 Å². The zero-order chi connectivity index (χ0) is 12.3. The Morgan fingerprint density at radius 2 is 1.60 bits per heavy atom. The van der Waals surface area contributed by atoms with Gasteiger partial charge in [0.2, 0.25) is 0 Å². The molecule has 0 saturated heterocycles. The van der Waals surface area contributed by atoms with Gasteiger partial charge in [-0.05, 0) is 26.7 Å². The van der Waals surface area contributed by atoms with Gasteiger partial charge in [0.15, 0.2) is 0 Å². The molecule has 0 aromatic rings. The first-order valence-electron chi connectivity index (χ1n) is 5.11. The minimum absolute atomic E-state index is 0.177. The van der Waals surface area contributed by atoms with Crippen molar-refractivity contribution < 1.29 is 25.2 Å². The summed E-state index contributed by atoms with van der Waals surface area (Å²) in [7, 11) is 0. The molecule has 0 aliphatic rings. The van der Waals surface area contributed by atoms with Gasteiger partial charge < -0.3 is 20.4 Å². The third-order valence-electron chi connectivity index (χ3n) is 1.64. The number of unbranched alkanes of at least 4 members (excludes halogenated alkanes) is 2. The first-order valence-corrected chi connectivity index (χ1v) is 5.11. The van der Waals surface area contributed by atoms with Gasteiger partial charge in [0.25, 0.3) is 0 Å². The van der Waals surface area contributed by atoms with E-state index >= 15 is 0 Å². The molecular weight excluding hydrogens is 200 g/mol. The largest absolute Gasteiger partial charge is 0.479 e. The fourth-order valence-electron chi connectivity index (χ4n) is 0.728. The van der Waals surface area contributed by atoms with Crippen LogP contribution in [0.4, 0.5) is 0 Å². The van der Waals surface area contributed by atoms with E-state index in [9.17, 15) is 4.79 Å². The van der Waals surface area contributed by atoms with Crippen LogP contribution in [0.5, 0.6) is 0 Å². The second-order valence-corrected chi connectivity index (χ2v) is 3.44. The van der Waals surface area contributed by atoms with Gasteiger partial charge in [0.05, 0.1) is 6.10 Å². The molecule has 0 aromatic carbocycles. The Hall–Kier alpha value is -0.650. The highest BCUT2D eigenvalue weighted by Gasteiger charge is 2.01. The lowest BCUT2D eigenvalue weighted by molar-refractivity contribution is -0.145. The zero-order valence-electron chi connectivity index (χ0n) is 9.39. The van der Waals surface area contributed by atoms with Gasteiger partial charge in [-0.1, -0.05) is 12.8 Å². The van der Waals surface area contributed by atoms with Crippen LogP contribution in [0.1, 0.15) is 39.5 Å². The summed E-state index contributed by atoms with van der Waals surface area (Å²) in [6.45, 7) is 3.26. The predicted octanol–water partition coefficient (Wildman–Crippen LogP) is 0.372. The fraction of sp³-hybridized carbons (Fsp3) is 0.900. The smallest absolute Gasteiger partial charge is 0.332 e. The van der Waals surface area contributed by atoms with Crippen molar-refractivity contribution in [2.24, 2.45) is 0 Å². The quantitative estimate of drug-likeness (QED) is 0.487. The number of hydrogen-bond donors (Lipinski definition) is 4. The summed E-state index contributed by atoms with van der Waals surface area (Å²) in [4.78, 5) is 9.45. The molecule has 2 unspecified atom stereocenters. The molecule has 0 aliphatic carbocycles. The number of carboxylic acid groups (broad SMARTS) is 1. The second kappa shape index (κ2) is 11.4. The molecule has 0 radical (unpaired) electrons. The zero-order valence-corrected chi connectivity index (χ0v) is 9.39. The van der Waals surface area contributed by atoms with E-state index in [1.807, 2.05) is 0 Å². The predicted molar refractivity (Wildman–Crippen MR) is 56.6 cm³/mol. The number of aliphatic carboxylic acids is 1. The van der Waals surface area contributed by atoms with Crippen molar-refractivity contribution in [1.82, 2.24) is 0 Å². The summed E-state index contributed by atoms with van der Waals surface area (Å²) in [6.07, 6.45) is 2.38. The van der Waals surface area contributed by atoms with Crippen molar-refractivity contribution in [3.8, 4) is 0 Å². The van der Waals surface area contributed by atoms with Gasteiger partial charge in [-0.15, -0.1) is 0 Å². The first kappa shape index (κ1) is 16.8. The molecule has 0 bridgehead atoms. The Labute approximate surface area is 90.4 Å². The highest BCUT2D eigenvalue weighted by molar-refractivity contribution is 5.71. The molecule has 0 saturated carbocycles. The minimum Gasteiger partial charge on any atom is -0.479 e. The molecule has 0 aromatic heterocycles. The molecule has 0 heterocycles. The van der Waals surface area contributed by atoms with Crippen LogP contribution >= 0.6 is 0 Å². The van der Waals surface area contributed by atoms with E-state index in [0.29, 0.717) is 0 Å². The summed E-state index contributed by atoms with van der Waals surface area (Å²) in [6, 6.07) is 0. The highest BCUT2D eigenvalue weighted by Crippen LogP contribution is 2.01. The van der Waals surface area contributed by atoms with Crippen molar-refractivity contribution in [2.75, 3.05) is 6.61 Å². The van der Waals surface area contributed by atoms with Crippen molar-refractivity contribution in [2.45, 2.75) is 51.7 Å². The lowest BCUT2D eigenvalue weighted by Crippen LogP contribution is -2.13. The van der Waals surface area contributed by atoms with Crippen LogP contribution in [-0.4, -0.2) is 45.2 Å². The lowest BCUT2D eigenvalue weighted by atomic mass is 10.1. The molecule has 2 atom stereocenters. The number of carboxylic acids is 1. The number of aliphatic hydroxyl groups is 3. The lowest BCUT2D eigenvalue weighted by Gasteiger charge is -2.01. The summed E-state index contributed by atoms with van der Waals surface area (Å²) in [5, 5.41) is 32.9. The number of carbonyl (C=O) groups is 1. The van der Waals surface area contributed by atoms with E-state index in [2.05, 4.69) is 0 Å². The third-order valence-corrected chi connectivity index (χ3v) is 1.64. The maximum absolute atomic E-state index is 9.45. The van der Waals surface area contributed by atoms with Gasteiger partial charge >= 0.3 is 5.97 Å². The van der Waals surface area contributed by atoms with Gasteiger partial charge in [0, 0.05) is 6.61 Å². The Kier molecular flexibility index (Phi) is 12.8. The van der Waals surface area contributed by atoms with Crippen LogP contribution in [0.2, 0.25) is 0 Å². The average Bonchev–Trinajstić information content (AvgIpc) is 2.13. The molecule has 0 spiro atoms. The molecule has 5 nitrogen and oxygen atoms in total. The SMILES string of the molecule is CC(O)C(=O)O.CC(O)CCCCCO. The van der Waals surface area contributed by atoms with E-state index in [4.69, 9.17) is 20.4 Å². The van der Waals surface area contributed by atoms with Crippen molar-refractivity contribution >= 4 is 5.97 Å². The molecule has 0 rings (SSSR count). The Bertz CT molecular complexity index is 145. The molecule has 5 heteroatoms. The average molecular weight is 222 g/mol. The molecular formula is C10H22O5. The minimum atomic E-state index is -1.23. The Morgan fingerprint density at radius 1 is 1.13 bits per heavy atom. The van der Waals surface area contributed by atoms with Gasteiger partial charge in [-0.25, -0.2) is 4.79 Å². The van der Waals surface area contributed by atoms with Crippen LogP contribution in [-0.2, 0) is 4.79 Å². The van der Waals surface area contributed by atoms with E-state index in [0.717, 1.165) is 25.7 Å². The van der Waals surface area contributed by atoms with E-state index < -0.39 is 12.1 Å². The molecule has 92 valence electrons. The maximum Gasteiger partial charge on any atom is 0.332 e. The van der Waals surface area contributed by atoms with Gasteiger partial charge in [-0.2, -0.15) is 0 Å². The summed E-state index contributed by atoms with van der Waals surface area (Å²) in [5.74, 6) is -1.19. The third kappa shape index (κ3) is 19.7. The summed E-state index contributed by atoms with van der Waals surface area (Å²) < 4.78 is 0. The van der Waals surface area contributed by atoms with Crippen LogP contribution < -0.4 is 0 Å². The van der Waals surface area contributed by atoms with Crippen LogP contribution in [0, 0.1) is 0 Å².